The molecule has 1 amide bonds. The number of carbonyl (C=O) groups is 1. The van der Waals surface area contributed by atoms with E-state index in [1.165, 1.54) is 18.2 Å². The van der Waals surface area contributed by atoms with Crippen LogP contribution in [0.15, 0.2) is 42.5 Å². The number of rotatable bonds is 3. The summed E-state index contributed by atoms with van der Waals surface area (Å²) in [7, 11) is 0. The number of amides is 1. The molecule has 1 aliphatic rings. The van der Waals surface area contributed by atoms with Crippen LogP contribution in [0.5, 0.6) is 0 Å². The maximum absolute atomic E-state index is 13.9. The zero-order valence-corrected chi connectivity index (χ0v) is 13.8. The highest BCUT2D eigenvalue weighted by atomic mass is 19.1. The molecule has 1 unspecified atom stereocenters. The smallest absolute Gasteiger partial charge is 0.244 e. The van der Waals surface area contributed by atoms with Crippen LogP contribution >= 0.6 is 0 Å². The fourth-order valence-corrected chi connectivity index (χ4v) is 3.07. The summed E-state index contributed by atoms with van der Waals surface area (Å²) in [6.07, 6.45) is 0. The van der Waals surface area contributed by atoms with Gasteiger partial charge >= 0.3 is 0 Å². The molecule has 0 aliphatic carbocycles. The molecule has 0 bridgehead atoms. The van der Waals surface area contributed by atoms with Crippen molar-refractivity contribution in [1.29, 1.82) is 0 Å². The molecule has 1 heterocycles. The predicted molar refractivity (Wildman–Crippen MR) is 89.8 cm³/mol. The average molecular weight is 330 g/mol. The lowest BCUT2D eigenvalue weighted by Crippen LogP contribution is -2.55. The van der Waals surface area contributed by atoms with Gasteiger partial charge in [-0.15, -0.1) is 0 Å². The first-order valence-corrected chi connectivity index (χ1v) is 8.02. The molecular formula is C19H20F2N2O. The Balaban J connectivity index is 1.78. The molecule has 0 aromatic heterocycles. The van der Waals surface area contributed by atoms with Crippen molar-refractivity contribution < 1.29 is 13.6 Å². The molecule has 0 saturated carbocycles. The van der Waals surface area contributed by atoms with Gasteiger partial charge in [0.15, 0.2) is 0 Å². The molecule has 3 rings (SSSR count). The summed E-state index contributed by atoms with van der Waals surface area (Å²) in [6.45, 7) is 4.92. The van der Waals surface area contributed by atoms with E-state index in [0.29, 0.717) is 13.1 Å². The molecule has 0 radical (unpaired) electrons. The van der Waals surface area contributed by atoms with Gasteiger partial charge in [-0.3, -0.25) is 9.69 Å². The van der Waals surface area contributed by atoms with Crippen LogP contribution in [0.3, 0.4) is 0 Å². The lowest BCUT2D eigenvalue weighted by Gasteiger charge is -2.39. The molecule has 0 spiro atoms. The van der Waals surface area contributed by atoms with Crippen LogP contribution in [-0.4, -0.2) is 29.9 Å². The molecule has 1 fully saturated rings. The monoisotopic (exact) mass is 330 g/mol. The van der Waals surface area contributed by atoms with Gasteiger partial charge in [0.2, 0.25) is 5.91 Å². The summed E-state index contributed by atoms with van der Waals surface area (Å²) in [4.78, 5) is 16.3. The van der Waals surface area contributed by atoms with Crippen molar-refractivity contribution in [2.45, 2.75) is 26.4 Å². The summed E-state index contributed by atoms with van der Waals surface area (Å²) in [5.41, 5.74) is 1.97. The zero-order chi connectivity index (χ0) is 17.3. The van der Waals surface area contributed by atoms with Crippen LogP contribution in [-0.2, 0) is 11.3 Å². The molecule has 1 aliphatic heterocycles. The minimum Gasteiger partial charge on any atom is -0.310 e. The van der Waals surface area contributed by atoms with Crippen LogP contribution in [0, 0.1) is 18.6 Å². The second kappa shape index (κ2) is 6.69. The van der Waals surface area contributed by atoms with E-state index in [4.69, 9.17) is 0 Å². The number of aryl methyl sites for hydroxylation is 1. The van der Waals surface area contributed by atoms with Gasteiger partial charge in [-0.05, 0) is 43.7 Å². The summed E-state index contributed by atoms with van der Waals surface area (Å²) < 4.78 is 27.7. The minimum atomic E-state index is -0.573. The van der Waals surface area contributed by atoms with E-state index in [0.717, 1.165) is 11.3 Å². The number of hydrogen-bond acceptors (Lipinski definition) is 2. The molecule has 5 heteroatoms. The second-order valence-corrected chi connectivity index (χ2v) is 6.18. The Labute approximate surface area is 140 Å². The van der Waals surface area contributed by atoms with Crippen molar-refractivity contribution in [3.05, 3.63) is 65.2 Å². The maximum atomic E-state index is 13.9. The molecule has 1 saturated heterocycles. The molecule has 0 N–H and O–H groups in total. The van der Waals surface area contributed by atoms with E-state index >= 15 is 0 Å². The number of anilines is 1. The van der Waals surface area contributed by atoms with E-state index in [2.05, 4.69) is 0 Å². The van der Waals surface area contributed by atoms with Gasteiger partial charge < -0.3 is 4.90 Å². The van der Waals surface area contributed by atoms with E-state index in [-0.39, 0.29) is 18.0 Å². The third-order valence-corrected chi connectivity index (χ3v) is 4.52. The maximum Gasteiger partial charge on any atom is 0.244 e. The second-order valence-electron chi connectivity index (χ2n) is 6.18. The van der Waals surface area contributed by atoms with Crippen molar-refractivity contribution in [2.75, 3.05) is 18.0 Å². The number of hydrogen-bond donors (Lipinski definition) is 0. The third-order valence-electron chi connectivity index (χ3n) is 4.52. The number of piperazine rings is 1. The molecular weight excluding hydrogens is 310 g/mol. The number of halogens is 2. The van der Waals surface area contributed by atoms with Crippen LogP contribution in [0.1, 0.15) is 18.1 Å². The molecule has 3 nitrogen and oxygen atoms in total. The summed E-state index contributed by atoms with van der Waals surface area (Å²) in [6, 6.07) is 11.2. The highest BCUT2D eigenvalue weighted by Crippen LogP contribution is 2.24. The van der Waals surface area contributed by atoms with Crippen LogP contribution in [0.25, 0.3) is 0 Å². The largest absolute Gasteiger partial charge is 0.310 e. The van der Waals surface area contributed by atoms with Crippen LogP contribution in [0.4, 0.5) is 14.5 Å². The molecule has 1 atom stereocenters. The molecule has 2 aromatic carbocycles. The first-order valence-electron chi connectivity index (χ1n) is 8.02. The Morgan fingerprint density at radius 3 is 2.42 bits per heavy atom. The molecule has 24 heavy (non-hydrogen) atoms. The van der Waals surface area contributed by atoms with Crippen LogP contribution < -0.4 is 4.90 Å². The first kappa shape index (κ1) is 16.6. The van der Waals surface area contributed by atoms with E-state index in [1.54, 1.807) is 11.8 Å². The SMILES string of the molecule is Cc1cccc(N2CCN(Cc3c(F)cccc3F)C(C)C2=O)c1. The van der Waals surface area contributed by atoms with Crippen molar-refractivity contribution in [3.8, 4) is 0 Å². The first-order chi connectivity index (χ1) is 11.5. The summed E-state index contributed by atoms with van der Waals surface area (Å²) in [5.74, 6) is -1.20. The van der Waals surface area contributed by atoms with Gasteiger partial charge in [-0.25, -0.2) is 8.78 Å². The topological polar surface area (TPSA) is 23.6 Å². The number of carbonyl (C=O) groups excluding carboxylic acids is 1. The van der Waals surface area contributed by atoms with Gasteiger partial charge in [-0.1, -0.05) is 18.2 Å². The molecule has 2 aromatic rings. The van der Waals surface area contributed by atoms with Gasteiger partial charge in [-0.2, -0.15) is 0 Å². The van der Waals surface area contributed by atoms with E-state index in [1.807, 2.05) is 36.1 Å². The quantitative estimate of drug-likeness (QED) is 0.860. The Morgan fingerprint density at radius 1 is 1.08 bits per heavy atom. The van der Waals surface area contributed by atoms with Gasteiger partial charge in [0.25, 0.3) is 0 Å². The van der Waals surface area contributed by atoms with Gasteiger partial charge in [0, 0.05) is 30.9 Å². The standard InChI is InChI=1S/C19H20F2N2O/c1-13-5-3-6-15(11-13)23-10-9-22(14(2)19(23)24)12-16-17(20)7-4-8-18(16)21/h3-8,11,14H,9-10,12H2,1-2H3. The summed E-state index contributed by atoms with van der Waals surface area (Å²) >= 11 is 0. The lowest BCUT2D eigenvalue weighted by molar-refractivity contribution is -0.125. The number of benzene rings is 2. The molecule has 126 valence electrons. The highest BCUT2D eigenvalue weighted by Gasteiger charge is 2.33. The highest BCUT2D eigenvalue weighted by molar-refractivity contribution is 5.97. The zero-order valence-electron chi connectivity index (χ0n) is 13.8. The van der Waals surface area contributed by atoms with Gasteiger partial charge in [0.05, 0.1) is 6.04 Å². The van der Waals surface area contributed by atoms with Crippen molar-refractivity contribution in [3.63, 3.8) is 0 Å². The summed E-state index contributed by atoms with van der Waals surface area (Å²) in [5, 5.41) is 0. The van der Waals surface area contributed by atoms with E-state index < -0.39 is 17.7 Å². The Morgan fingerprint density at radius 2 is 1.75 bits per heavy atom. The minimum absolute atomic E-state index is 0.0150. The number of nitrogens with zero attached hydrogens (tertiary/aromatic N) is 2. The fraction of sp³-hybridized carbons (Fsp3) is 0.316. The van der Waals surface area contributed by atoms with Crippen LogP contribution in [0.2, 0.25) is 0 Å². The average Bonchev–Trinajstić information content (AvgIpc) is 2.55. The van der Waals surface area contributed by atoms with Gasteiger partial charge in [0.1, 0.15) is 11.6 Å². The Hall–Kier alpha value is -2.27. The van der Waals surface area contributed by atoms with Crippen molar-refractivity contribution >= 4 is 11.6 Å². The van der Waals surface area contributed by atoms with E-state index in [9.17, 15) is 13.6 Å². The fourth-order valence-electron chi connectivity index (χ4n) is 3.07. The Bertz CT molecular complexity index is 743. The Kier molecular flexibility index (Phi) is 4.62. The predicted octanol–water partition coefficient (Wildman–Crippen LogP) is 3.51. The van der Waals surface area contributed by atoms with Crippen molar-refractivity contribution in [1.82, 2.24) is 4.90 Å². The normalized spacial score (nSPS) is 18.9. The third kappa shape index (κ3) is 3.17. The lowest BCUT2D eigenvalue weighted by atomic mass is 10.1. The van der Waals surface area contributed by atoms with Crippen molar-refractivity contribution in [2.24, 2.45) is 0 Å².